The predicted octanol–water partition coefficient (Wildman–Crippen LogP) is 3.34. The minimum absolute atomic E-state index is 0.130. The number of alkyl halides is 1. The smallest absolute Gasteiger partial charge is 0.123 e. The summed E-state index contributed by atoms with van der Waals surface area (Å²) in [5.74, 6) is -0.204. The third kappa shape index (κ3) is 3.50. The molecule has 0 aromatic heterocycles. The molecule has 0 saturated heterocycles. The lowest BCUT2D eigenvalue weighted by Gasteiger charge is -2.07. The Kier molecular flexibility index (Phi) is 4.14. The fourth-order valence-electron chi connectivity index (χ4n) is 1.01. The second kappa shape index (κ2) is 5.15. The number of rotatable bonds is 3. The van der Waals surface area contributed by atoms with Gasteiger partial charge in [-0.3, -0.25) is 0 Å². The van der Waals surface area contributed by atoms with Crippen LogP contribution in [-0.4, -0.2) is 19.0 Å². The Morgan fingerprint density at radius 3 is 2.36 bits per heavy atom. The number of benzene rings is 1. The maximum absolute atomic E-state index is 12.6. The van der Waals surface area contributed by atoms with Gasteiger partial charge in [0.05, 0.1) is 4.83 Å². The molecule has 0 aliphatic rings. The Balaban J connectivity index is 2.69. The van der Waals surface area contributed by atoms with Crippen molar-refractivity contribution < 1.29 is 4.39 Å². The van der Waals surface area contributed by atoms with Crippen LogP contribution in [0.4, 0.5) is 4.39 Å². The minimum atomic E-state index is -0.204. The average molecular weight is 258 g/mol. The van der Waals surface area contributed by atoms with Crippen molar-refractivity contribution in [1.82, 2.24) is 4.90 Å². The molecule has 1 unspecified atom stereocenters. The third-order valence-electron chi connectivity index (χ3n) is 1.74. The van der Waals surface area contributed by atoms with E-state index in [-0.39, 0.29) is 10.6 Å². The van der Waals surface area contributed by atoms with Crippen LogP contribution in [0.1, 0.15) is 10.4 Å². The van der Waals surface area contributed by atoms with E-state index < -0.39 is 0 Å². The molecule has 1 nitrogen and oxygen atoms in total. The molecule has 0 aliphatic heterocycles. The van der Waals surface area contributed by atoms with E-state index in [2.05, 4.69) is 15.9 Å². The van der Waals surface area contributed by atoms with Crippen molar-refractivity contribution in [2.75, 3.05) is 14.1 Å². The van der Waals surface area contributed by atoms with Gasteiger partial charge in [-0.1, -0.05) is 34.1 Å². The average Bonchev–Trinajstić information content (AvgIpc) is 2.15. The van der Waals surface area contributed by atoms with Gasteiger partial charge in [-0.15, -0.1) is 0 Å². The third-order valence-corrected chi connectivity index (χ3v) is 2.58. The SMILES string of the molecule is CN(C)C=CC(Br)c1ccc(F)cc1. The summed E-state index contributed by atoms with van der Waals surface area (Å²) < 4.78 is 12.6. The van der Waals surface area contributed by atoms with Crippen LogP contribution in [0.5, 0.6) is 0 Å². The Bertz CT molecular complexity index is 306. The number of hydrogen-bond donors (Lipinski definition) is 0. The molecule has 0 spiro atoms. The van der Waals surface area contributed by atoms with E-state index in [1.807, 2.05) is 31.3 Å². The van der Waals surface area contributed by atoms with E-state index in [1.165, 1.54) is 12.1 Å². The predicted molar refractivity (Wildman–Crippen MR) is 60.9 cm³/mol. The topological polar surface area (TPSA) is 3.24 Å². The number of halogens is 2. The Labute approximate surface area is 92.4 Å². The molecule has 1 atom stereocenters. The van der Waals surface area contributed by atoms with Gasteiger partial charge in [0.15, 0.2) is 0 Å². The molecule has 0 amide bonds. The molecule has 1 rings (SSSR count). The highest BCUT2D eigenvalue weighted by Gasteiger charge is 2.02. The number of allylic oxidation sites excluding steroid dienone is 1. The van der Waals surface area contributed by atoms with E-state index in [0.717, 1.165) is 5.56 Å². The van der Waals surface area contributed by atoms with Gasteiger partial charge in [-0.25, -0.2) is 4.39 Å². The van der Waals surface area contributed by atoms with Crippen molar-refractivity contribution in [3.8, 4) is 0 Å². The van der Waals surface area contributed by atoms with Crippen molar-refractivity contribution in [2.45, 2.75) is 4.83 Å². The van der Waals surface area contributed by atoms with Crippen molar-refractivity contribution in [1.29, 1.82) is 0 Å². The highest BCUT2D eigenvalue weighted by molar-refractivity contribution is 9.09. The number of nitrogens with zero attached hydrogens (tertiary/aromatic N) is 1. The number of hydrogen-bond acceptors (Lipinski definition) is 1. The van der Waals surface area contributed by atoms with Crippen molar-refractivity contribution >= 4 is 15.9 Å². The molecule has 3 heteroatoms. The molecule has 0 radical (unpaired) electrons. The summed E-state index contributed by atoms with van der Waals surface area (Å²) in [5.41, 5.74) is 1.05. The molecule has 1 aromatic carbocycles. The normalized spacial score (nSPS) is 13.1. The maximum Gasteiger partial charge on any atom is 0.123 e. The van der Waals surface area contributed by atoms with E-state index in [9.17, 15) is 4.39 Å². The fraction of sp³-hybridized carbons (Fsp3) is 0.273. The highest BCUT2D eigenvalue weighted by atomic mass is 79.9. The highest BCUT2D eigenvalue weighted by Crippen LogP contribution is 2.24. The molecule has 0 bridgehead atoms. The lowest BCUT2D eigenvalue weighted by Crippen LogP contribution is -2.00. The second-order valence-corrected chi connectivity index (χ2v) is 4.24. The van der Waals surface area contributed by atoms with Crippen LogP contribution in [-0.2, 0) is 0 Å². The molecule has 0 aliphatic carbocycles. The maximum atomic E-state index is 12.6. The summed E-state index contributed by atoms with van der Waals surface area (Å²) >= 11 is 3.50. The molecular formula is C11H13BrFN. The Morgan fingerprint density at radius 1 is 1.29 bits per heavy atom. The van der Waals surface area contributed by atoms with E-state index >= 15 is 0 Å². The summed E-state index contributed by atoms with van der Waals surface area (Å²) in [6.07, 6.45) is 3.97. The standard InChI is InChI=1S/C11H13BrFN/c1-14(2)8-7-11(12)9-3-5-10(13)6-4-9/h3-8,11H,1-2H3. The van der Waals surface area contributed by atoms with Gasteiger partial charge in [0.2, 0.25) is 0 Å². The second-order valence-electron chi connectivity index (χ2n) is 3.26. The van der Waals surface area contributed by atoms with Crippen LogP contribution in [0.3, 0.4) is 0 Å². The zero-order valence-electron chi connectivity index (χ0n) is 8.24. The summed E-state index contributed by atoms with van der Waals surface area (Å²) in [5, 5.41) is 0. The first kappa shape index (κ1) is 11.2. The summed E-state index contributed by atoms with van der Waals surface area (Å²) in [7, 11) is 3.92. The van der Waals surface area contributed by atoms with Crippen LogP contribution in [0.25, 0.3) is 0 Å². The van der Waals surface area contributed by atoms with Gasteiger partial charge in [0, 0.05) is 14.1 Å². The molecule has 1 aromatic rings. The Hall–Kier alpha value is -0.830. The lowest BCUT2D eigenvalue weighted by atomic mass is 10.1. The summed E-state index contributed by atoms with van der Waals surface area (Å²) in [6, 6.07) is 6.48. The zero-order chi connectivity index (χ0) is 10.6. The minimum Gasteiger partial charge on any atom is -0.384 e. The zero-order valence-corrected chi connectivity index (χ0v) is 9.83. The molecule has 0 saturated carbocycles. The van der Waals surface area contributed by atoms with Crippen LogP contribution in [0.15, 0.2) is 36.5 Å². The van der Waals surface area contributed by atoms with Crippen molar-refractivity contribution in [3.63, 3.8) is 0 Å². The van der Waals surface area contributed by atoms with Crippen LogP contribution in [0, 0.1) is 5.82 Å². The molecule has 14 heavy (non-hydrogen) atoms. The van der Waals surface area contributed by atoms with Crippen LogP contribution < -0.4 is 0 Å². The molecule has 0 N–H and O–H groups in total. The van der Waals surface area contributed by atoms with Gasteiger partial charge in [0.25, 0.3) is 0 Å². The molecule has 76 valence electrons. The van der Waals surface area contributed by atoms with Gasteiger partial charge >= 0.3 is 0 Å². The lowest BCUT2D eigenvalue weighted by molar-refractivity contribution is 0.561. The molecular weight excluding hydrogens is 245 g/mol. The van der Waals surface area contributed by atoms with Gasteiger partial charge < -0.3 is 4.90 Å². The Morgan fingerprint density at radius 2 is 1.86 bits per heavy atom. The molecule has 0 fully saturated rings. The largest absolute Gasteiger partial charge is 0.384 e. The van der Waals surface area contributed by atoms with Crippen molar-refractivity contribution in [3.05, 3.63) is 47.9 Å². The van der Waals surface area contributed by atoms with Gasteiger partial charge in [-0.05, 0) is 23.9 Å². The van der Waals surface area contributed by atoms with E-state index in [4.69, 9.17) is 0 Å². The summed E-state index contributed by atoms with van der Waals surface area (Å²) in [6.45, 7) is 0. The van der Waals surface area contributed by atoms with Gasteiger partial charge in [-0.2, -0.15) is 0 Å². The summed E-state index contributed by atoms with van der Waals surface area (Å²) in [4.78, 5) is 2.09. The van der Waals surface area contributed by atoms with E-state index in [1.54, 1.807) is 12.1 Å². The first-order valence-corrected chi connectivity index (χ1v) is 5.25. The first-order valence-electron chi connectivity index (χ1n) is 4.34. The van der Waals surface area contributed by atoms with Crippen LogP contribution >= 0.6 is 15.9 Å². The molecule has 0 heterocycles. The van der Waals surface area contributed by atoms with Gasteiger partial charge in [0.1, 0.15) is 5.82 Å². The van der Waals surface area contributed by atoms with Crippen LogP contribution in [0.2, 0.25) is 0 Å². The van der Waals surface area contributed by atoms with Crippen molar-refractivity contribution in [2.24, 2.45) is 0 Å². The van der Waals surface area contributed by atoms with E-state index in [0.29, 0.717) is 0 Å². The first-order chi connectivity index (χ1) is 6.59. The monoisotopic (exact) mass is 257 g/mol. The fourth-order valence-corrected chi connectivity index (χ4v) is 1.45. The quantitative estimate of drug-likeness (QED) is 0.751.